The van der Waals surface area contributed by atoms with Gasteiger partial charge in [-0.1, -0.05) is 56.8 Å². The second-order valence-corrected chi connectivity index (χ2v) is 9.81. The minimum absolute atomic E-state index is 0.109. The Kier molecular flexibility index (Phi) is 6.11. The van der Waals surface area contributed by atoms with E-state index in [0.717, 1.165) is 36.9 Å². The molecule has 1 aromatic heterocycles. The summed E-state index contributed by atoms with van der Waals surface area (Å²) < 4.78 is 1.71. The van der Waals surface area contributed by atoms with Crippen LogP contribution in [0.3, 0.4) is 0 Å². The first-order chi connectivity index (χ1) is 14.8. The molecule has 1 saturated carbocycles. The van der Waals surface area contributed by atoms with E-state index in [1.807, 2.05) is 37.3 Å². The van der Waals surface area contributed by atoms with Crippen molar-refractivity contribution in [1.29, 1.82) is 0 Å². The van der Waals surface area contributed by atoms with Gasteiger partial charge in [0.25, 0.3) is 5.91 Å². The molecule has 1 fully saturated rings. The molecule has 4 rings (SSSR count). The molecule has 2 amide bonds. The molecule has 2 aliphatic rings. The Morgan fingerprint density at radius 2 is 2.00 bits per heavy atom. The van der Waals surface area contributed by atoms with Gasteiger partial charge >= 0.3 is 0 Å². The molecule has 7 heteroatoms. The molecule has 166 valence electrons. The predicted molar refractivity (Wildman–Crippen MR) is 121 cm³/mol. The van der Waals surface area contributed by atoms with E-state index in [-0.39, 0.29) is 23.8 Å². The molecule has 1 aliphatic heterocycles. The minimum atomic E-state index is -1.04. The van der Waals surface area contributed by atoms with Gasteiger partial charge in [-0.05, 0) is 49.4 Å². The van der Waals surface area contributed by atoms with Crippen LogP contribution < -0.4 is 5.32 Å². The zero-order valence-corrected chi connectivity index (χ0v) is 19.3. The van der Waals surface area contributed by atoms with E-state index in [0.29, 0.717) is 23.8 Å². The fraction of sp³-hybridized carbons (Fsp3) is 0.542. The third-order valence-corrected chi connectivity index (χ3v) is 6.80. The zero-order valence-electron chi connectivity index (χ0n) is 18.5. The number of halogens is 1. The van der Waals surface area contributed by atoms with Gasteiger partial charge in [0.2, 0.25) is 5.91 Å². The minimum Gasteiger partial charge on any atom is -0.351 e. The molecular formula is C24H31ClN4O2. The summed E-state index contributed by atoms with van der Waals surface area (Å²) in [6, 6.07) is 9.49. The molecular weight excluding hydrogens is 412 g/mol. The monoisotopic (exact) mass is 442 g/mol. The molecule has 2 aromatic rings. The number of rotatable bonds is 5. The van der Waals surface area contributed by atoms with Crippen molar-refractivity contribution in [3.63, 3.8) is 0 Å². The maximum atomic E-state index is 13.6. The molecule has 31 heavy (non-hydrogen) atoms. The van der Waals surface area contributed by atoms with Crippen molar-refractivity contribution in [3.05, 3.63) is 52.3 Å². The highest BCUT2D eigenvalue weighted by atomic mass is 35.5. The predicted octanol–water partition coefficient (Wildman–Crippen LogP) is 4.52. The van der Waals surface area contributed by atoms with Crippen LogP contribution in [0, 0.1) is 0 Å². The lowest BCUT2D eigenvalue weighted by molar-refractivity contribution is -0.134. The molecule has 1 aromatic carbocycles. The molecule has 6 nitrogen and oxygen atoms in total. The number of carbonyl (C=O) groups is 2. The number of fused-ring (bicyclic) bond motifs is 1. The van der Waals surface area contributed by atoms with E-state index in [9.17, 15) is 9.59 Å². The van der Waals surface area contributed by atoms with Crippen LogP contribution in [0.15, 0.2) is 30.3 Å². The third-order valence-electron chi connectivity index (χ3n) is 6.57. The Morgan fingerprint density at radius 3 is 2.68 bits per heavy atom. The van der Waals surface area contributed by atoms with Crippen molar-refractivity contribution >= 4 is 23.4 Å². The van der Waals surface area contributed by atoms with Crippen LogP contribution in [0.2, 0.25) is 5.02 Å². The van der Waals surface area contributed by atoms with Crippen molar-refractivity contribution in [2.24, 2.45) is 0 Å². The van der Waals surface area contributed by atoms with Gasteiger partial charge < -0.3 is 10.2 Å². The SMILES string of the molecule is CC(C)c1cc2n(n1)C[C@](C)(C(=O)NC1CCCCC1)N(Cc1cccc(Cl)c1)C2=O. The normalized spacial score (nSPS) is 22.0. The van der Waals surface area contributed by atoms with Crippen LogP contribution in [-0.4, -0.2) is 38.1 Å². The summed E-state index contributed by atoms with van der Waals surface area (Å²) in [6.45, 7) is 6.61. The molecule has 2 heterocycles. The van der Waals surface area contributed by atoms with E-state index < -0.39 is 5.54 Å². The highest BCUT2D eigenvalue weighted by Gasteiger charge is 2.48. The van der Waals surface area contributed by atoms with Gasteiger partial charge in [0.05, 0.1) is 12.2 Å². The van der Waals surface area contributed by atoms with Crippen LogP contribution >= 0.6 is 11.6 Å². The van der Waals surface area contributed by atoms with Crippen LogP contribution in [0.25, 0.3) is 0 Å². The van der Waals surface area contributed by atoms with Crippen LogP contribution in [0.5, 0.6) is 0 Å². The first-order valence-electron chi connectivity index (χ1n) is 11.2. The molecule has 1 N–H and O–H groups in total. The third kappa shape index (κ3) is 4.36. The molecule has 0 radical (unpaired) electrons. The summed E-state index contributed by atoms with van der Waals surface area (Å²) in [6.07, 6.45) is 5.47. The first-order valence-corrected chi connectivity index (χ1v) is 11.6. The molecule has 0 saturated heterocycles. The highest BCUT2D eigenvalue weighted by Crippen LogP contribution is 2.31. The Hall–Kier alpha value is -2.34. The Morgan fingerprint density at radius 1 is 1.26 bits per heavy atom. The van der Waals surface area contributed by atoms with Crippen molar-refractivity contribution in [3.8, 4) is 0 Å². The topological polar surface area (TPSA) is 67.2 Å². The van der Waals surface area contributed by atoms with E-state index in [1.54, 1.807) is 9.58 Å². The quantitative estimate of drug-likeness (QED) is 0.740. The van der Waals surface area contributed by atoms with Gasteiger partial charge in [-0.15, -0.1) is 0 Å². The van der Waals surface area contributed by atoms with Crippen LogP contribution in [0.4, 0.5) is 0 Å². The Bertz CT molecular complexity index is 980. The number of nitrogens with one attached hydrogen (secondary N) is 1. The smallest absolute Gasteiger partial charge is 0.273 e. The van der Waals surface area contributed by atoms with E-state index in [2.05, 4.69) is 24.3 Å². The maximum absolute atomic E-state index is 13.6. The number of hydrogen-bond donors (Lipinski definition) is 1. The standard InChI is InChI=1S/C24H31ClN4O2/c1-16(2)20-13-21-22(30)28(14-17-8-7-9-18(25)12-17)24(3,15-29(21)27-20)23(31)26-19-10-5-4-6-11-19/h7-9,12-13,16,19H,4-6,10-11,14-15H2,1-3H3,(H,26,31)/t24-/m1/s1. The van der Waals surface area contributed by atoms with E-state index >= 15 is 0 Å². The van der Waals surface area contributed by atoms with Gasteiger partial charge in [-0.3, -0.25) is 14.3 Å². The molecule has 0 spiro atoms. The summed E-state index contributed by atoms with van der Waals surface area (Å²) in [5.74, 6) is -0.0800. The number of carbonyl (C=O) groups excluding carboxylic acids is 2. The van der Waals surface area contributed by atoms with Gasteiger partial charge in [-0.25, -0.2) is 0 Å². The summed E-state index contributed by atoms with van der Waals surface area (Å²) in [7, 11) is 0. The second-order valence-electron chi connectivity index (χ2n) is 9.37. The average molecular weight is 443 g/mol. The van der Waals surface area contributed by atoms with Gasteiger partial charge in [0.1, 0.15) is 11.2 Å². The Labute approximate surface area is 188 Å². The molecule has 0 unspecified atom stereocenters. The lowest BCUT2D eigenvalue weighted by Crippen LogP contribution is -2.64. The summed E-state index contributed by atoms with van der Waals surface area (Å²) in [5.41, 5.74) is 1.26. The summed E-state index contributed by atoms with van der Waals surface area (Å²) in [5, 5.41) is 8.50. The average Bonchev–Trinajstić information content (AvgIpc) is 3.16. The van der Waals surface area contributed by atoms with Crippen LogP contribution in [-0.2, 0) is 17.9 Å². The Balaban J connectivity index is 1.69. The molecule has 1 atom stereocenters. The fourth-order valence-electron chi connectivity index (χ4n) is 4.60. The second kappa shape index (κ2) is 8.65. The lowest BCUT2D eigenvalue weighted by Gasteiger charge is -2.44. The zero-order chi connectivity index (χ0) is 22.2. The van der Waals surface area contributed by atoms with E-state index in [4.69, 9.17) is 11.6 Å². The molecule has 1 aliphatic carbocycles. The largest absolute Gasteiger partial charge is 0.351 e. The summed E-state index contributed by atoms with van der Waals surface area (Å²) >= 11 is 6.18. The van der Waals surface area contributed by atoms with Crippen molar-refractivity contribution < 1.29 is 9.59 Å². The number of hydrogen-bond acceptors (Lipinski definition) is 3. The number of aromatic nitrogens is 2. The summed E-state index contributed by atoms with van der Waals surface area (Å²) in [4.78, 5) is 28.9. The fourth-order valence-corrected chi connectivity index (χ4v) is 4.81. The van der Waals surface area contributed by atoms with Gasteiger partial charge in [0.15, 0.2) is 0 Å². The number of benzene rings is 1. The maximum Gasteiger partial charge on any atom is 0.273 e. The molecule has 0 bridgehead atoms. The van der Waals surface area contributed by atoms with Crippen LogP contribution in [0.1, 0.15) is 80.5 Å². The van der Waals surface area contributed by atoms with Gasteiger partial charge in [-0.2, -0.15) is 5.10 Å². The number of amides is 2. The number of nitrogens with zero attached hydrogens (tertiary/aromatic N) is 3. The first kappa shape index (κ1) is 21.9. The van der Waals surface area contributed by atoms with E-state index in [1.165, 1.54) is 6.42 Å². The van der Waals surface area contributed by atoms with Crippen molar-refractivity contribution in [2.75, 3.05) is 0 Å². The van der Waals surface area contributed by atoms with Crippen molar-refractivity contribution in [2.45, 2.75) is 83.5 Å². The highest BCUT2D eigenvalue weighted by molar-refractivity contribution is 6.30. The lowest BCUT2D eigenvalue weighted by atomic mass is 9.91. The van der Waals surface area contributed by atoms with Crippen molar-refractivity contribution in [1.82, 2.24) is 20.0 Å². The van der Waals surface area contributed by atoms with Gasteiger partial charge in [0, 0.05) is 17.6 Å².